The second kappa shape index (κ2) is 7.95. The van der Waals surface area contributed by atoms with Crippen molar-refractivity contribution in [2.45, 2.75) is 39.7 Å². The molecule has 5 nitrogen and oxygen atoms in total. The minimum Gasteiger partial charge on any atom is -0.508 e. The number of aromatic hydroxyl groups is 1. The van der Waals surface area contributed by atoms with Crippen LogP contribution < -0.4 is 5.32 Å². The van der Waals surface area contributed by atoms with Crippen molar-refractivity contribution < 1.29 is 5.11 Å². The molecule has 134 valence electrons. The molecule has 0 aliphatic heterocycles. The third kappa shape index (κ3) is 3.99. The van der Waals surface area contributed by atoms with Crippen LogP contribution in [0.3, 0.4) is 0 Å². The van der Waals surface area contributed by atoms with Gasteiger partial charge in [-0.15, -0.1) is 10.2 Å². The number of hydrogen-bond donors (Lipinski definition) is 2. The molecule has 0 aliphatic carbocycles. The molecule has 0 saturated carbocycles. The maximum atomic E-state index is 9.76. The lowest BCUT2D eigenvalue weighted by molar-refractivity contribution is 0.471. The Hall–Kier alpha value is -2.95. The fraction of sp³-hybridized carbons (Fsp3) is 0.286. The van der Waals surface area contributed by atoms with Crippen molar-refractivity contribution in [3.8, 4) is 17.0 Å². The van der Waals surface area contributed by atoms with E-state index in [1.54, 1.807) is 6.07 Å². The molecule has 1 unspecified atom stereocenters. The first-order chi connectivity index (χ1) is 12.6. The van der Waals surface area contributed by atoms with Crippen LogP contribution in [0.15, 0.2) is 48.5 Å². The summed E-state index contributed by atoms with van der Waals surface area (Å²) in [6, 6.07) is 15.9. The van der Waals surface area contributed by atoms with Crippen molar-refractivity contribution in [3.05, 3.63) is 65.4 Å². The van der Waals surface area contributed by atoms with E-state index in [0.29, 0.717) is 5.95 Å². The highest BCUT2D eigenvalue weighted by atomic mass is 16.3. The van der Waals surface area contributed by atoms with Gasteiger partial charge in [0.05, 0.1) is 17.4 Å². The Balaban J connectivity index is 1.92. The number of rotatable bonds is 6. The summed E-state index contributed by atoms with van der Waals surface area (Å²) in [7, 11) is 0. The van der Waals surface area contributed by atoms with Crippen molar-refractivity contribution in [3.63, 3.8) is 0 Å². The lowest BCUT2D eigenvalue weighted by atomic mass is 10.0. The van der Waals surface area contributed by atoms with Gasteiger partial charge in [0.25, 0.3) is 0 Å². The number of anilines is 1. The van der Waals surface area contributed by atoms with Crippen LogP contribution in [0, 0.1) is 13.8 Å². The Bertz CT molecular complexity index is 880. The van der Waals surface area contributed by atoms with Gasteiger partial charge in [-0.1, -0.05) is 43.7 Å². The molecule has 2 aromatic carbocycles. The number of phenols is 1. The Morgan fingerprint density at radius 3 is 2.50 bits per heavy atom. The van der Waals surface area contributed by atoms with Gasteiger partial charge in [-0.05, 0) is 49.6 Å². The standard InChI is InChI=1S/C21H24N4O/c1-4-8-18(16-9-6-5-7-10-16)22-21-23-20(15(3)24-25-21)17-11-12-19(26)14(2)13-17/h5-7,9-13,18,26H,4,8H2,1-3H3,(H,22,23,25). The molecule has 26 heavy (non-hydrogen) atoms. The van der Waals surface area contributed by atoms with E-state index in [4.69, 9.17) is 4.98 Å². The number of nitrogens with one attached hydrogen (secondary N) is 1. The molecule has 1 heterocycles. The fourth-order valence-corrected chi connectivity index (χ4v) is 2.97. The second-order valence-electron chi connectivity index (χ2n) is 6.47. The molecule has 1 atom stereocenters. The highest BCUT2D eigenvalue weighted by molar-refractivity contribution is 5.64. The molecule has 1 aromatic heterocycles. The van der Waals surface area contributed by atoms with E-state index in [1.807, 2.05) is 44.2 Å². The van der Waals surface area contributed by atoms with E-state index >= 15 is 0 Å². The third-order valence-corrected chi connectivity index (χ3v) is 4.41. The zero-order valence-corrected chi connectivity index (χ0v) is 15.4. The molecule has 0 spiro atoms. The zero-order chi connectivity index (χ0) is 18.5. The molecule has 3 rings (SSSR count). The van der Waals surface area contributed by atoms with Crippen LogP contribution in [0.1, 0.15) is 42.6 Å². The first-order valence-corrected chi connectivity index (χ1v) is 8.91. The van der Waals surface area contributed by atoms with Crippen molar-refractivity contribution >= 4 is 5.95 Å². The molecule has 0 radical (unpaired) electrons. The van der Waals surface area contributed by atoms with E-state index in [0.717, 1.165) is 35.4 Å². The van der Waals surface area contributed by atoms with Gasteiger partial charge in [-0.3, -0.25) is 0 Å². The van der Waals surface area contributed by atoms with Gasteiger partial charge in [0, 0.05) is 5.56 Å². The minimum atomic E-state index is 0.139. The summed E-state index contributed by atoms with van der Waals surface area (Å²) in [5.74, 6) is 0.789. The Kier molecular flexibility index (Phi) is 5.46. The smallest absolute Gasteiger partial charge is 0.243 e. The van der Waals surface area contributed by atoms with E-state index in [2.05, 4.69) is 34.6 Å². The first kappa shape index (κ1) is 17.9. The molecule has 0 amide bonds. The van der Waals surface area contributed by atoms with E-state index in [9.17, 15) is 5.11 Å². The topological polar surface area (TPSA) is 70.9 Å². The SMILES string of the molecule is CCCC(Nc1nnc(C)c(-c2ccc(O)c(C)c2)n1)c1ccccc1. The molecule has 0 saturated heterocycles. The molecular weight excluding hydrogens is 324 g/mol. The normalized spacial score (nSPS) is 12.0. The minimum absolute atomic E-state index is 0.139. The summed E-state index contributed by atoms with van der Waals surface area (Å²) < 4.78 is 0. The summed E-state index contributed by atoms with van der Waals surface area (Å²) in [5.41, 5.74) is 4.47. The zero-order valence-electron chi connectivity index (χ0n) is 15.4. The van der Waals surface area contributed by atoms with E-state index in [-0.39, 0.29) is 11.8 Å². The maximum absolute atomic E-state index is 9.76. The Morgan fingerprint density at radius 1 is 1.04 bits per heavy atom. The number of benzene rings is 2. The van der Waals surface area contributed by atoms with E-state index < -0.39 is 0 Å². The lowest BCUT2D eigenvalue weighted by Crippen LogP contribution is -2.14. The molecule has 0 bridgehead atoms. The van der Waals surface area contributed by atoms with Gasteiger partial charge < -0.3 is 10.4 Å². The van der Waals surface area contributed by atoms with Crippen LogP contribution >= 0.6 is 0 Å². The largest absolute Gasteiger partial charge is 0.508 e. The van der Waals surface area contributed by atoms with Crippen LogP contribution in [0.25, 0.3) is 11.3 Å². The van der Waals surface area contributed by atoms with Crippen LogP contribution in [0.2, 0.25) is 0 Å². The van der Waals surface area contributed by atoms with Crippen molar-refractivity contribution in [1.82, 2.24) is 15.2 Å². The predicted molar refractivity (Wildman–Crippen MR) is 104 cm³/mol. The Labute approximate surface area is 154 Å². The van der Waals surface area contributed by atoms with Crippen LogP contribution in [0.5, 0.6) is 5.75 Å². The maximum Gasteiger partial charge on any atom is 0.243 e. The van der Waals surface area contributed by atoms with E-state index in [1.165, 1.54) is 5.56 Å². The van der Waals surface area contributed by atoms with Gasteiger partial charge >= 0.3 is 0 Å². The lowest BCUT2D eigenvalue weighted by Gasteiger charge is -2.19. The second-order valence-corrected chi connectivity index (χ2v) is 6.47. The summed E-state index contributed by atoms with van der Waals surface area (Å²) in [5, 5.41) is 21.7. The molecule has 5 heteroatoms. The summed E-state index contributed by atoms with van der Waals surface area (Å²) >= 11 is 0. The number of aryl methyl sites for hydroxylation is 2. The number of hydrogen-bond acceptors (Lipinski definition) is 5. The average Bonchev–Trinajstić information content (AvgIpc) is 2.66. The molecule has 2 N–H and O–H groups in total. The highest BCUT2D eigenvalue weighted by Gasteiger charge is 2.14. The summed E-state index contributed by atoms with van der Waals surface area (Å²) in [6.07, 6.45) is 2.03. The summed E-state index contributed by atoms with van der Waals surface area (Å²) in [4.78, 5) is 4.69. The molecule has 0 aliphatic rings. The van der Waals surface area contributed by atoms with Gasteiger partial charge in [-0.25, -0.2) is 4.98 Å². The number of nitrogens with zero attached hydrogens (tertiary/aromatic N) is 3. The average molecular weight is 348 g/mol. The fourth-order valence-electron chi connectivity index (χ4n) is 2.97. The number of phenolic OH excluding ortho intramolecular Hbond substituents is 1. The monoisotopic (exact) mass is 348 g/mol. The van der Waals surface area contributed by atoms with Gasteiger partial charge in [-0.2, -0.15) is 0 Å². The van der Waals surface area contributed by atoms with Gasteiger partial charge in [0.2, 0.25) is 5.95 Å². The summed E-state index contributed by atoms with van der Waals surface area (Å²) in [6.45, 7) is 5.92. The van der Waals surface area contributed by atoms with Crippen molar-refractivity contribution in [2.75, 3.05) is 5.32 Å². The van der Waals surface area contributed by atoms with Crippen LogP contribution in [0.4, 0.5) is 5.95 Å². The van der Waals surface area contributed by atoms with Crippen molar-refractivity contribution in [2.24, 2.45) is 0 Å². The quantitative estimate of drug-likeness (QED) is 0.668. The highest BCUT2D eigenvalue weighted by Crippen LogP contribution is 2.27. The van der Waals surface area contributed by atoms with Gasteiger partial charge in [0.15, 0.2) is 0 Å². The van der Waals surface area contributed by atoms with Gasteiger partial charge in [0.1, 0.15) is 5.75 Å². The molecule has 3 aromatic rings. The molecular formula is C21H24N4O. The Morgan fingerprint density at radius 2 is 1.81 bits per heavy atom. The van der Waals surface area contributed by atoms with Crippen LogP contribution in [-0.4, -0.2) is 20.3 Å². The molecule has 0 fully saturated rings. The third-order valence-electron chi connectivity index (χ3n) is 4.41. The van der Waals surface area contributed by atoms with Crippen LogP contribution in [-0.2, 0) is 0 Å². The first-order valence-electron chi connectivity index (χ1n) is 8.91. The van der Waals surface area contributed by atoms with Crippen molar-refractivity contribution in [1.29, 1.82) is 0 Å². The predicted octanol–water partition coefficient (Wildman–Crippen LogP) is 4.81. The number of aromatic nitrogens is 3.